The SMILES string of the molecule is CN1CCCC(N)(c2ccc(F)cc2)C1. The van der Waals surface area contributed by atoms with E-state index >= 15 is 0 Å². The van der Waals surface area contributed by atoms with Gasteiger partial charge in [0.15, 0.2) is 0 Å². The van der Waals surface area contributed by atoms with E-state index in [9.17, 15) is 4.39 Å². The predicted molar refractivity (Wildman–Crippen MR) is 59.0 cm³/mol. The quantitative estimate of drug-likeness (QED) is 0.761. The molecule has 0 bridgehead atoms. The lowest BCUT2D eigenvalue weighted by Gasteiger charge is -2.39. The molecule has 0 spiro atoms. The first kappa shape index (κ1) is 10.6. The van der Waals surface area contributed by atoms with Gasteiger partial charge in [0.1, 0.15) is 5.82 Å². The van der Waals surface area contributed by atoms with Gasteiger partial charge in [-0.15, -0.1) is 0 Å². The lowest BCUT2D eigenvalue weighted by atomic mass is 9.83. The van der Waals surface area contributed by atoms with Gasteiger partial charge in [0.25, 0.3) is 0 Å². The van der Waals surface area contributed by atoms with Crippen LogP contribution < -0.4 is 5.73 Å². The number of halogens is 1. The molecule has 0 aromatic heterocycles. The fraction of sp³-hybridized carbons (Fsp3) is 0.500. The van der Waals surface area contributed by atoms with Gasteiger partial charge in [0.2, 0.25) is 0 Å². The van der Waals surface area contributed by atoms with Gasteiger partial charge in [-0.2, -0.15) is 0 Å². The molecule has 2 nitrogen and oxygen atoms in total. The first-order valence-corrected chi connectivity index (χ1v) is 5.34. The Kier molecular flexibility index (Phi) is 2.76. The summed E-state index contributed by atoms with van der Waals surface area (Å²) >= 11 is 0. The van der Waals surface area contributed by atoms with E-state index in [0.29, 0.717) is 0 Å². The molecule has 15 heavy (non-hydrogen) atoms. The van der Waals surface area contributed by atoms with Crippen LogP contribution in [-0.2, 0) is 5.54 Å². The average molecular weight is 208 g/mol. The Hall–Kier alpha value is -0.930. The van der Waals surface area contributed by atoms with E-state index in [-0.39, 0.29) is 11.4 Å². The summed E-state index contributed by atoms with van der Waals surface area (Å²) in [5, 5.41) is 0. The summed E-state index contributed by atoms with van der Waals surface area (Å²) in [5.74, 6) is -0.202. The van der Waals surface area contributed by atoms with Crippen molar-refractivity contribution in [1.29, 1.82) is 0 Å². The molecule has 1 saturated heterocycles. The fourth-order valence-electron chi connectivity index (χ4n) is 2.32. The van der Waals surface area contributed by atoms with Gasteiger partial charge in [-0.25, -0.2) is 4.39 Å². The zero-order valence-corrected chi connectivity index (χ0v) is 9.04. The van der Waals surface area contributed by atoms with Crippen molar-refractivity contribution in [2.24, 2.45) is 5.73 Å². The highest BCUT2D eigenvalue weighted by Gasteiger charge is 2.31. The fourth-order valence-corrected chi connectivity index (χ4v) is 2.32. The minimum atomic E-state index is -0.305. The molecular formula is C12H17FN2. The monoisotopic (exact) mass is 208 g/mol. The van der Waals surface area contributed by atoms with Gasteiger partial charge in [-0.1, -0.05) is 12.1 Å². The molecule has 2 N–H and O–H groups in total. The van der Waals surface area contributed by atoms with E-state index in [1.165, 1.54) is 12.1 Å². The van der Waals surface area contributed by atoms with E-state index in [4.69, 9.17) is 5.73 Å². The van der Waals surface area contributed by atoms with Crippen LogP contribution in [0.5, 0.6) is 0 Å². The third-order valence-electron chi connectivity index (χ3n) is 3.13. The van der Waals surface area contributed by atoms with Crippen molar-refractivity contribution in [3.63, 3.8) is 0 Å². The second-order valence-corrected chi connectivity index (χ2v) is 4.50. The maximum absolute atomic E-state index is 12.8. The number of likely N-dealkylation sites (tertiary alicyclic amines) is 1. The van der Waals surface area contributed by atoms with E-state index in [1.54, 1.807) is 12.1 Å². The number of nitrogens with zero attached hydrogens (tertiary/aromatic N) is 1. The maximum Gasteiger partial charge on any atom is 0.123 e. The minimum Gasteiger partial charge on any atom is -0.320 e. The van der Waals surface area contributed by atoms with Crippen molar-refractivity contribution in [3.8, 4) is 0 Å². The molecule has 1 aliphatic rings. The third-order valence-corrected chi connectivity index (χ3v) is 3.13. The zero-order chi connectivity index (χ0) is 10.9. The molecule has 3 heteroatoms. The van der Waals surface area contributed by atoms with E-state index in [1.807, 2.05) is 0 Å². The molecule has 0 amide bonds. The molecule has 1 unspecified atom stereocenters. The van der Waals surface area contributed by atoms with Crippen LogP contribution in [0.3, 0.4) is 0 Å². The Morgan fingerprint density at radius 2 is 2.00 bits per heavy atom. The lowest BCUT2D eigenvalue weighted by Crippen LogP contribution is -2.50. The lowest BCUT2D eigenvalue weighted by molar-refractivity contribution is 0.179. The zero-order valence-electron chi connectivity index (χ0n) is 9.04. The summed E-state index contributed by atoms with van der Waals surface area (Å²) in [5.41, 5.74) is 7.09. The number of piperidine rings is 1. The number of likely N-dealkylation sites (N-methyl/N-ethyl adjacent to an activating group) is 1. The Bertz CT molecular complexity index is 336. The summed E-state index contributed by atoms with van der Waals surface area (Å²) in [6, 6.07) is 6.57. The van der Waals surface area contributed by atoms with Crippen LogP contribution in [-0.4, -0.2) is 25.0 Å². The standard InChI is InChI=1S/C12H17FN2/c1-15-8-2-7-12(14,9-15)10-3-5-11(13)6-4-10/h3-6H,2,7-9,14H2,1H3. The van der Waals surface area contributed by atoms with Crippen molar-refractivity contribution < 1.29 is 4.39 Å². The van der Waals surface area contributed by atoms with Gasteiger partial charge < -0.3 is 10.6 Å². The van der Waals surface area contributed by atoms with Crippen molar-refractivity contribution in [2.45, 2.75) is 18.4 Å². The van der Waals surface area contributed by atoms with Crippen molar-refractivity contribution in [1.82, 2.24) is 4.90 Å². The highest BCUT2D eigenvalue weighted by Crippen LogP contribution is 2.28. The minimum absolute atomic E-state index is 0.202. The van der Waals surface area contributed by atoms with Gasteiger partial charge >= 0.3 is 0 Å². The van der Waals surface area contributed by atoms with Crippen molar-refractivity contribution >= 4 is 0 Å². The smallest absolute Gasteiger partial charge is 0.123 e. The van der Waals surface area contributed by atoms with Crippen LogP contribution in [0.4, 0.5) is 4.39 Å². The number of benzene rings is 1. The molecule has 1 atom stereocenters. The van der Waals surface area contributed by atoms with Crippen molar-refractivity contribution in [2.75, 3.05) is 20.1 Å². The number of hydrogen-bond donors (Lipinski definition) is 1. The van der Waals surface area contributed by atoms with Crippen LogP contribution in [0.15, 0.2) is 24.3 Å². The van der Waals surface area contributed by atoms with Gasteiger partial charge in [-0.3, -0.25) is 0 Å². The molecule has 1 aromatic rings. The summed E-state index contributed by atoms with van der Waals surface area (Å²) < 4.78 is 12.8. The molecule has 0 saturated carbocycles. The summed E-state index contributed by atoms with van der Waals surface area (Å²) in [7, 11) is 2.07. The second kappa shape index (κ2) is 3.91. The van der Waals surface area contributed by atoms with Gasteiger partial charge in [-0.05, 0) is 44.1 Å². The molecule has 1 aromatic carbocycles. The van der Waals surface area contributed by atoms with Crippen molar-refractivity contribution in [3.05, 3.63) is 35.6 Å². The first-order chi connectivity index (χ1) is 7.10. The Morgan fingerprint density at radius 1 is 1.33 bits per heavy atom. The first-order valence-electron chi connectivity index (χ1n) is 5.34. The molecule has 2 rings (SSSR count). The van der Waals surface area contributed by atoms with Crippen LogP contribution in [0.2, 0.25) is 0 Å². The molecule has 0 radical (unpaired) electrons. The number of hydrogen-bond acceptors (Lipinski definition) is 2. The second-order valence-electron chi connectivity index (χ2n) is 4.50. The average Bonchev–Trinajstić information content (AvgIpc) is 2.18. The van der Waals surface area contributed by atoms with Crippen LogP contribution in [0.1, 0.15) is 18.4 Å². The molecule has 1 aliphatic heterocycles. The predicted octanol–water partition coefficient (Wildman–Crippen LogP) is 1.71. The van der Waals surface area contributed by atoms with E-state index in [0.717, 1.165) is 31.5 Å². The van der Waals surface area contributed by atoms with Crippen LogP contribution >= 0.6 is 0 Å². The van der Waals surface area contributed by atoms with E-state index < -0.39 is 0 Å². The van der Waals surface area contributed by atoms with Crippen LogP contribution in [0, 0.1) is 5.82 Å². The third kappa shape index (κ3) is 2.19. The normalized spacial score (nSPS) is 27.9. The molecular weight excluding hydrogens is 191 g/mol. The molecule has 1 fully saturated rings. The largest absolute Gasteiger partial charge is 0.320 e. The summed E-state index contributed by atoms with van der Waals surface area (Å²) in [6.45, 7) is 1.94. The highest BCUT2D eigenvalue weighted by atomic mass is 19.1. The summed E-state index contributed by atoms with van der Waals surface area (Å²) in [6.07, 6.45) is 2.08. The van der Waals surface area contributed by atoms with E-state index in [2.05, 4.69) is 11.9 Å². The number of nitrogens with two attached hydrogens (primary N) is 1. The number of rotatable bonds is 1. The molecule has 82 valence electrons. The Morgan fingerprint density at radius 3 is 2.60 bits per heavy atom. The highest BCUT2D eigenvalue weighted by molar-refractivity contribution is 5.25. The Labute approximate surface area is 89.9 Å². The topological polar surface area (TPSA) is 29.3 Å². The molecule has 0 aliphatic carbocycles. The van der Waals surface area contributed by atoms with Crippen LogP contribution in [0.25, 0.3) is 0 Å². The summed E-state index contributed by atoms with van der Waals surface area (Å²) in [4.78, 5) is 2.23. The Balaban J connectivity index is 2.24. The van der Waals surface area contributed by atoms with Gasteiger partial charge in [0.05, 0.1) is 5.54 Å². The molecule has 1 heterocycles. The van der Waals surface area contributed by atoms with Gasteiger partial charge in [0, 0.05) is 6.54 Å². The maximum atomic E-state index is 12.8.